The van der Waals surface area contributed by atoms with Gasteiger partial charge in [0.25, 0.3) is 5.89 Å². The van der Waals surface area contributed by atoms with E-state index >= 15 is 0 Å². The van der Waals surface area contributed by atoms with Crippen molar-refractivity contribution in [2.45, 2.75) is 45.7 Å². The molecule has 6 nitrogen and oxygen atoms in total. The maximum atomic E-state index is 5.36. The van der Waals surface area contributed by atoms with Crippen molar-refractivity contribution in [3.05, 3.63) is 35.7 Å². The summed E-state index contributed by atoms with van der Waals surface area (Å²) in [6.07, 6.45) is 3.06. The lowest BCUT2D eigenvalue weighted by atomic mass is 10.1. The number of nitrogens with zero attached hydrogens (tertiary/aromatic N) is 3. The molecule has 1 aromatic heterocycles. The highest BCUT2D eigenvalue weighted by atomic mass is 127. The zero-order chi connectivity index (χ0) is 16.9. The molecule has 1 fully saturated rings. The molecule has 2 N–H and O–H groups in total. The Bertz CT molecular complexity index is 715. The van der Waals surface area contributed by atoms with Crippen LogP contribution in [0.5, 0.6) is 0 Å². The molecular weight excluding hydrogens is 429 g/mol. The van der Waals surface area contributed by atoms with E-state index < -0.39 is 0 Å². The molecule has 2 aromatic rings. The van der Waals surface area contributed by atoms with Crippen molar-refractivity contribution in [1.29, 1.82) is 0 Å². The largest absolute Gasteiger partial charge is 0.353 e. The van der Waals surface area contributed by atoms with E-state index in [1.54, 1.807) is 7.05 Å². The predicted octanol–water partition coefficient (Wildman–Crippen LogP) is 3.38. The molecule has 0 aliphatic heterocycles. The van der Waals surface area contributed by atoms with Crippen molar-refractivity contribution >= 4 is 29.9 Å². The van der Waals surface area contributed by atoms with Crippen LogP contribution in [0.3, 0.4) is 0 Å². The van der Waals surface area contributed by atoms with Crippen LogP contribution >= 0.6 is 24.0 Å². The van der Waals surface area contributed by atoms with E-state index in [4.69, 9.17) is 4.52 Å². The summed E-state index contributed by atoms with van der Waals surface area (Å²) in [4.78, 5) is 8.72. The first-order valence-corrected chi connectivity index (χ1v) is 8.58. The van der Waals surface area contributed by atoms with Crippen LogP contribution in [-0.2, 0) is 13.0 Å². The van der Waals surface area contributed by atoms with E-state index in [-0.39, 0.29) is 24.0 Å². The summed E-state index contributed by atoms with van der Waals surface area (Å²) < 4.78 is 5.36. The predicted molar refractivity (Wildman–Crippen MR) is 110 cm³/mol. The van der Waals surface area contributed by atoms with Gasteiger partial charge < -0.3 is 15.2 Å². The first-order valence-electron chi connectivity index (χ1n) is 8.58. The lowest BCUT2D eigenvalue weighted by Crippen LogP contribution is -2.38. The number of nitrogens with one attached hydrogen (secondary N) is 2. The van der Waals surface area contributed by atoms with Crippen molar-refractivity contribution in [3.63, 3.8) is 0 Å². The molecule has 0 radical (unpaired) electrons. The maximum Gasteiger partial charge on any atom is 0.257 e. The molecule has 0 saturated heterocycles. The molecule has 136 valence electrons. The van der Waals surface area contributed by atoms with Gasteiger partial charge in [0.15, 0.2) is 11.8 Å². The number of aryl methyl sites for hydroxylation is 1. The average molecular weight is 455 g/mol. The molecule has 1 aliphatic carbocycles. The minimum absolute atomic E-state index is 0. The Morgan fingerprint density at radius 3 is 2.88 bits per heavy atom. The molecule has 0 amide bonds. The highest BCUT2D eigenvalue weighted by Gasteiger charge is 2.33. The second kappa shape index (κ2) is 9.17. The molecular formula is C18H26IN5O. The quantitative estimate of drug-likeness (QED) is 0.397. The highest BCUT2D eigenvalue weighted by molar-refractivity contribution is 14.0. The van der Waals surface area contributed by atoms with Crippen LogP contribution in [0.4, 0.5) is 0 Å². The van der Waals surface area contributed by atoms with Gasteiger partial charge in [0.1, 0.15) is 0 Å². The Morgan fingerprint density at radius 2 is 2.20 bits per heavy atom. The molecule has 25 heavy (non-hydrogen) atoms. The second-order valence-corrected chi connectivity index (χ2v) is 6.36. The van der Waals surface area contributed by atoms with Crippen LogP contribution in [0.2, 0.25) is 0 Å². The average Bonchev–Trinajstić information content (AvgIpc) is 3.09. The molecule has 2 atom stereocenters. The van der Waals surface area contributed by atoms with E-state index in [9.17, 15) is 0 Å². The number of halogens is 1. The van der Waals surface area contributed by atoms with E-state index in [0.29, 0.717) is 18.5 Å². The number of rotatable bonds is 6. The SMILES string of the molecule is CCCc1noc(-c2cccc(CNC(=NC)NC3CC3C)c2)n1.I. The lowest BCUT2D eigenvalue weighted by molar-refractivity contribution is 0.422. The Morgan fingerprint density at radius 1 is 1.40 bits per heavy atom. The van der Waals surface area contributed by atoms with Gasteiger partial charge in [-0.1, -0.05) is 31.1 Å². The zero-order valence-electron chi connectivity index (χ0n) is 15.0. The number of aromatic nitrogens is 2. The van der Waals surface area contributed by atoms with Gasteiger partial charge in [0, 0.05) is 31.6 Å². The Kier molecular flexibility index (Phi) is 7.22. The summed E-state index contributed by atoms with van der Waals surface area (Å²) in [6.45, 7) is 5.04. The van der Waals surface area contributed by atoms with Gasteiger partial charge in [0.05, 0.1) is 0 Å². The van der Waals surface area contributed by atoms with E-state index in [0.717, 1.165) is 41.7 Å². The van der Waals surface area contributed by atoms with Gasteiger partial charge in [-0.3, -0.25) is 4.99 Å². The normalized spacial score (nSPS) is 19.2. The van der Waals surface area contributed by atoms with Crippen molar-refractivity contribution in [2.75, 3.05) is 7.05 Å². The third kappa shape index (κ3) is 5.42. The highest BCUT2D eigenvalue weighted by Crippen LogP contribution is 2.28. The van der Waals surface area contributed by atoms with Gasteiger partial charge in [-0.15, -0.1) is 24.0 Å². The lowest BCUT2D eigenvalue weighted by Gasteiger charge is -2.11. The third-order valence-corrected chi connectivity index (χ3v) is 4.23. The standard InChI is InChI=1S/C18H25N5O.HI/c1-4-6-16-22-17(24-23-16)14-8-5-7-13(10-14)11-20-18(19-3)21-15-9-12(15)2;/h5,7-8,10,12,15H,4,6,9,11H2,1-3H3,(H2,19,20,21);1H. The fraction of sp³-hybridized carbons (Fsp3) is 0.500. The molecule has 2 unspecified atom stereocenters. The second-order valence-electron chi connectivity index (χ2n) is 6.36. The summed E-state index contributed by atoms with van der Waals surface area (Å²) in [7, 11) is 1.80. The van der Waals surface area contributed by atoms with E-state index in [1.165, 1.54) is 6.42 Å². The summed E-state index contributed by atoms with van der Waals surface area (Å²) >= 11 is 0. The van der Waals surface area contributed by atoms with Gasteiger partial charge in [-0.05, 0) is 36.5 Å². The number of guanidine groups is 1. The Labute approximate surface area is 165 Å². The molecule has 1 saturated carbocycles. The number of benzene rings is 1. The number of hydrogen-bond acceptors (Lipinski definition) is 4. The smallest absolute Gasteiger partial charge is 0.257 e. The van der Waals surface area contributed by atoms with Crippen molar-refractivity contribution in [3.8, 4) is 11.5 Å². The summed E-state index contributed by atoms with van der Waals surface area (Å²) in [5.41, 5.74) is 2.09. The first kappa shape index (κ1) is 19.7. The fourth-order valence-electron chi connectivity index (χ4n) is 2.59. The van der Waals surface area contributed by atoms with Gasteiger partial charge in [-0.2, -0.15) is 4.98 Å². The number of aliphatic imine (C=N–C) groups is 1. The van der Waals surface area contributed by atoms with Gasteiger partial charge in [0.2, 0.25) is 0 Å². The van der Waals surface area contributed by atoms with Crippen molar-refractivity contribution in [2.24, 2.45) is 10.9 Å². The summed E-state index contributed by atoms with van der Waals surface area (Å²) in [6, 6.07) is 8.70. The first-order chi connectivity index (χ1) is 11.7. The zero-order valence-corrected chi connectivity index (χ0v) is 17.3. The molecule has 1 aliphatic rings. The van der Waals surface area contributed by atoms with Crippen LogP contribution in [-0.4, -0.2) is 29.2 Å². The molecule has 7 heteroatoms. The van der Waals surface area contributed by atoms with Crippen LogP contribution in [0.25, 0.3) is 11.5 Å². The summed E-state index contributed by atoms with van der Waals surface area (Å²) in [5, 5.41) is 10.8. The van der Waals surface area contributed by atoms with Crippen LogP contribution in [0.1, 0.15) is 38.1 Å². The Hall–Kier alpha value is -1.64. The molecule has 0 bridgehead atoms. The van der Waals surface area contributed by atoms with Crippen molar-refractivity contribution < 1.29 is 4.52 Å². The topological polar surface area (TPSA) is 75.3 Å². The summed E-state index contributed by atoms with van der Waals surface area (Å²) in [5.74, 6) is 2.92. The van der Waals surface area contributed by atoms with E-state index in [2.05, 4.69) is 51.7 Å². The monoisotopic (exact) mass is 455 g/mol. The third-order valence-electron chi connectivity index (χ3n) is 4.23. The fourth-order valence-corrected chi connectivity index (χ4v) is 2.59. The molecule has 1 aromatic carbocycles. The molecule has 3 rings (SSSR count). The Balaban J connectivity index is 0.00000225. The van der Waals surface area contributed by atoms with Crippen LogP contribution in [0, 0.1) is 5.92 Å². The van der Waals surface area contributed by atoms with Crippen LogP contribution in [0.15, 0.2) is 33.8 Å². The number of hydrogen-bond donors (Lipinski definition) is 2. The minimum atomic E-state index is 0. The maximum absolute atomic E-state index is 5.36. The van der Waals surface area contributed by atoms with Gasteiger partial charge >= 0.3 is 0 Å². The van der Waals surface area contributed by atoms with Crippen molar-refractivity contribution in [1.82, 2.24) is 20.8 Å². The van der Waals surface area contributed by atoms with Gasteiger partial charge in [-0.25, -0.2) is 0 Å². The molecule has 1 heterocycles. The van der Waals surface area contributed by atoms with E-state index in [1.807, 2.05) is 12.1 Å². The molecule has 0 spiro atoms. The van der Waals surface area contributed by atoms with Crippen LogP contribution < -0.4 is 10.6 Å². The minimum Gasteiger partial charge on any atom is -0.353 e.